The van der Waals surface area contributed by atoms with Crippen molar-refractivity contribution >= 4 is 5.95 Å². The lowest BCUT2D eigenvalue weighted by Crippen LogP contribution is -2.07. The van der Waals surface area contributed by atoms with Crippen LogP contribution in [0.3, 0.4) is 0 Å². The zero-order valence-electron chi connectivity index (χ0n) is 7.22. The maximum absolute atomic E-state index is 10.6. The molecule has 0 aliphatic heterocycles. The normalized spacial score (nSPS) is 17.8. The number of rotatable bonds is 2. The molecular weight excluding hydrogens is 170 g/mol. The minimum Gasteiger partial charge on any atom is -0.390 e. The van der Waals surface area contributed by atoms with Gasteiger partial charge in [0.1, 0.15) is 12.4 Å². The van der Waals surface area contributed by atoms with E-state index in [1.54, 1.807) is 10.8 Å². The van der Waals surface area contributed by atoms with Gasteiger partial charge in [-0.05, 0) is 30.6 Å². The fourth-order valence-electron chi connectivity index (χ4n) is 1.91. The van der Waals surface area contributed by atoms with E-state index in [1.807, 2.05) is 0 Å². The summed E-state index contributed by atoms with van der Waals surface area (Å²) in [6, 6.07) is 0.294. The molecular formula is C8H11N3O2. The standard InChI is InChI=1S/C8H11N3O2/c12-11(13)8-9-5-6-10(8)7-3-1-2-4-7/h5-7H,1-4H2. The molecule has 5 nitrogen and oxygen atoms in total. The molecule has 0 spiro atoms. The van der Waals surface area contributed by atoms with E-state index in [2.05, 4.69) is 4.98 Å². The van der Waals surface area contributed by atoms with Crippen LogP contribution in [0.15, 0.2) is 12.4 Å². The first-order valence-electron chi connectivity index (χ1n) is 4.46. The Labute approximate surface area is 75.5 Å². The maximum Gasteiger partial charge on any atom is 0.434 e. The second-order valence-corrected chi connectivity index (χ2v) is 3.33. The lowest BCUT2D eigenvalue weighted by molar-refractivity contribution is -0.397. The predicted octanol–water partition coefficient (Wildman–Crippen LogP) is 1.91. The predicted molar refractivity (Wildman–Crippen MR) is 46.4 cm³/mol. The average Bonchev–Trinajstić information content (AvgIpc) is 2.74. The van der Waals surface area contributed by atoms with E-state index >= 15 is 0 Å². The highest BCUT2D eigenvalue weighted by Crippen LogP contribution is 2.31. The van der Waals surface area contributed by atoms with Gasteiger partial charge in [-0.2, -0.15) is 0 Å². The van der Waals surface area contributed by atoms with Crippen LogP contribution < -0.4 is 0 Å². The summed E-state index contributed by atoms with van der Waals surface area (Å²) in [5.74, 6) is -0.0214. The lowest BCUT2D eigenvalue weighted by atomic mass is 10.2. The second-order valence-electron chi connectivity index (χ2n) is 3.33. The first-order chi connectivity index (χ1) is 6.29. The van der Waals surface area contributed by atoms with Gasteiger partial charge in [0.25, 0.3) is 0 Å². The molecule has 1 aliphatic rings. The number of hydrogen-bond acceptors (Lipinski definition) is 3. The molecule has 1 aromatic heterocycles. The van der Waals surface area contributed by atoms with Crippen molar-refractivity contribution in [2.75, 3.05) is 0 Å². The SMILES string of the molecule is O=[N+]([O-])c1nccn1C1CCCC1. The fourth-order valence-corrected chi connectivity index (χ4v) is 1.91. The van der Waals surface area contributed by atoms with Crippen LogP contribution in [-0.2, 0) is 0 Å². The minimum atomic E-state index is -0.418. The Morgan fingerprint density at radius 1 is 1.54 bits per heavy atom. The van der Waals surface area contributed by atoms with E-state index in [-0.39, 0.29) is 5.95 Å². The number of imidazole rings is 1. The molecule has 0 bridgehead atoms. The zero-order valence-corrected chi connectivity index (χ0v) is 7.22. The van der Waals surface area contributed by atoms with E-state index in [0.717, 1.165) is 12.8 Å². The molecule has 1 aliphatic carbocycles. The first-order valence-corrected chi connectivity index (χ1v) is 4.46. The average molecular weight is 181 g/mol. The Morgan fingerprint density at radius 2 is 2.23 bits per heavy atom. The highest BCUT2D eigenvalue weighted by Gasteiger charge is 2.25. The second kappa shape index (κ2) is 3.16. The summed E-state index contributed by atoms with van der Waals surface area (Å²) in [6.07, 6.45) is 7.61. The summed E-state index contributed by atoms with van der Waals surface area (Å²) in [7, 11) is 0. The number of hydrogen-bond donors (Lipinski definition) is 0. The van der Waals surface area contributed by atoms with Crippen LogP contribution in [0.25, 0.3) is 0 Å². The van der Waals surface area contributed by atoms with Gasteiger partial charge in [-0.15, -0.1) is 0 Å². The third kappa shape index (κ3) is 1.41. The molecule has 1 fully saturated rings. The molecule has 5 heteroatoms. The van der Waals surface area contributed by atoms with Crippen molar-refractivity contribution < 1.29 is 4.92 Å². The van der Waals surface area contributed by atoms with Crippen LogP contribution in [0, 0.1) is 10.1 Å². The van der Waals surface area contributed by atoms with Crippen molar-refractivity contribution in [2.24, 2.45) is 0 Å². The van der Waals surface area contributed by atoms with Crippen LogP contribution in [0.1, 0.15) is 31.7 Å². The van der Waals surface area contributed by atoms with E-state index < -0.39 is 4.92 Å². The zero-order chi connectivity index (χ0) is 9.26. The molecule has 0 N–H and O–H groups in total. The molecule has 0 atom stereocenters. The highest BCUT2D eigenvalue weighted by molar-refractivity contribution is 5.09. The quantitative estimate of drug-likeness (QED) is 0.517. The topological polar surface area (TPSA) is 61.0 Å². The van der Waals surface area contributed by atoms with Crippen LogP contribution in [-0.4, -0.2) is 14.5 Å². The number of nitro groups is 1. The van der Waals surface area contributed by atoms with Crippen molar-refractivity contribution in [3.8, 4) is 0 Å². The van der Waals surface area contributed by atoms with E-state index in [9.17, 15) is 10.1 Å². The smallest absolute Gasteiger partial charge is 0.390 e. The summed E-state index contributed by atoms with van der Waals surface area (Å²) >= 11 is 0. The molecule has 0 amide bonds. The Morgan fingerprint density at radius 3 is 2.85 bits per heavy atom. The number of nitrogens with zero attached hydrogens (tertiary/aromatic N) is 3. The van der Waals surface area contributed by atoms with Crippen molar-refractivity contribution in [2.45, 2.75) is 31.7 Å². The minimum absolute atomic E-state index is 0.0214. The summed E-state index contributed by atoms with van der Waals surface area (Å²) < 4.78 is 1.69. The van der Waals surface area contributed by atoms with Crippen LogP contribution in [0.4, 0.5) is 5.95 Å². The Hall–Kier alpha value is -1.39. The van der Waals surface area contributed by atoms with Crippen molar-refractivity contribution in [1.82, 2.24) is 9.55 Å². The third-order valence-corrected chi connectivity index (χ3v) is 2.53. The van der Waals surface area contributed by atoms with Gasteiger partial charge < -0.3 is 10.1 Å². The largest absolute Gasteiger partial charge is 0.434 e. The summed E-state index contributed by atoms with van der Waals surface area (Å²) in [5.41, 5.74) is 0. The van der Waals surface area contributed by atoms with Crippen LogP contribution in [0.5, 0.6) is 0 Å². The van der Waals surface area contributed by atoms with Gasteiger partial charge in [-0.1, -0.05) is 4.98 Å². The third-order valence-electron chi connectivity index (χ3n) is 2.53. The van der Waals surface area contributed by atoms with Gasteiger partial charge in [0.2, 0.25) is 0 Å². The Bertz CT molecular complexity index is 315. The molecule has 70 valence electrons. The molecule has 0 unspecified atom stereocenters. The van der Waals surface area contributed by atoms with Gasteiger partial charge in [0, 0.05) is 0 Å². The molecule has 1 saturated carbocycles. The van der Waals surface area contributed by atoms with E-state index in [0.29, 0.717) is 6.04 Å². The molecule has 2 rings (SSSR count). The van der Waals surface area contributed by atoms with Crippen LogP contribution >= 0.6 is 0 Å². The van der Waals surface area contributed by atoms with Gasteiger partial charge >= 0.3 is 5.95 Å². The van der Waals surface area contributed by atoms with E-state index in [1.165, 1.54) is 19.0 Å². The van der Waals surface area contributed by atoms with Gasteiger partial charge in [0.15, 0.2) is 0 Å². The Kier molecular flexibility index (Phi) is 2.00. The van der Waals surface area contributed by atoms with Crippen molar-refractivity contribution in [3.05, 3.63) is 22.5 Å². The maximum atomic E-state index is 10.6. The monoisotopic (exact) mass is 181 g/mol. The highest BCUT2D eigenvalue weighted by atomic mass is 16.6. The molecule has 0 aromatic carbocycles. The van der Waals surface area contributed by atoms with Gasteiger partial charge in [-0.3, -0.25) is 0 Å². The molecule has 0 saturated heterocycles. The first kappa shape index (κ1) is 8.22. The lowest BCUT2D eigenvalue weighted by Gasteiger charge is -2.07. The molecule has 1 aromatic rings. The van der Waals surface area contributed by atoms with E-state index in [4.69, 9.17) is 0 Å². The van der Waals surface area contributed by atoms with Gasteiger partial charge in [0.05, 0.1) is 6.04 Å². The van der Waals surface area contributed by atoms with Crippen molar-refractivity contribution in [1.29, 1.82) is 0 Å². The Balaban J connectivity index is 2.28. The summed E-state index contributed by atoms with van der Waals surface area (Å²) in [4.78, 5) is 13.9. The molecule has 13 heavy (non-hydrogen) atoms. The summed E-state index contributed by atoms with van der Waals surface area (Å²) in [6.45, 7) is 0. The number of aromatic nitrogens is 2. The fraction of sp³-hybridized carbons (Fsp3) is 0.625. The summed E-state index contributed by atoms with van der Waals surface area (Å²) in [5, 5.41) is 10.6. The van der Waals surface area contributed by atoms with Crippen LogP contribution in [0.2, 0.25) is 0 Å². The van der Waals surface area contributed by atoms with Crippen molar-refractivity contribution in [3.63, 3.8) is 0 Å². The van der Waals surface area contributed by atoms with Gasteiger partial charge in [-0.25, -0.2) is 4.57 Å². The molecule has 0 radical (unpaired) electrons. The molecule has 1 heterocycles.